The lowest BCUT2D eigenvalue weighted by Gasteiger charge is -2.44. The van der Waals surface area contributed by atoms with Crippen LogP contribution in [0.1, 0.15) is 25.8 Å². The van der Waals surface area contributed by atoms with Gasteiger partial charge in [-0.1, -0.05) is 44.2 Å². The molecule has 1 aliphatic rings. The third-order valence-corrected chi connectivity index (χ3v) is 3.88. The maximum absolute atomic E-state index is 10.9. The summed E-state index contributed by atoms with van der Waals surface area (Å²) in [5.41, 5.74) is 0.973. The zero-order valence-electron chi connectivity index (χ0n) is 11.6. The van der Waals surface area contributed by atoms with Crippen LogP contribution in [0.15, 0.2) is 30.3 Å². The maximum Gasteiger partial charge on any atom is 0.305 e. The van der Waals surface area contributed by atoms with E-state index < -0.39 is 5.97 Å². The van der Waals surface area contributed by atoms with E-state index in [0.29, 0.717) is 0 Å². The third kappa shape index (κ3) is 3.33. The van der Waals surface area contributed by atoms with Crippen molar-refractivity contribution >= 4 is 5.97 Å². The highest BCUT2D eigenvalue weighted by Crippen LogP contribution is 2.24. The van der Waals surface area contributed by atoms with Gasteiger partial charge in [0.1, 0.15) is 0 Å². The Labute approximate surface area is 114 Å². The fourth-order valence-corrected chi connectivity index (χ4v) is 2.43. The second kappa shape index (κ2) is 5.31. The quantitative estimate of drug-likeness (QED) is 0.724. The molecule has 0 atom stereocenters. The minimum atomic E-state index is -0.744. The molecule has 4 heteroatoms. The molecule has 0 unspecified atom stereocenters. The fourth-order valence-electron chi connectivity index (χ4n) is 2.43. The van der Waals surface area contributed by atoms with Crippen LogP contribution in [0.3, 0.4) is 0 Å². The molecule has 0 bridgehead atoms. The summed E-state index contributed by atoms with van der Waals surface area (Å²) in [6, 6.07) is 10.3. The second-order valence-electron chi connectivity index (χ2n) is 6.06. The molecular formula is C15H22N2O2. The predicted molar refractivity (Wildman–Crippen MR) is 75.3 cm³/mol. The molecule has 0 amide bonds. The van der Waals surface area contributed by atoms with Gasteiger partial charge in [0.15, 0.2) is 0 Å². The van der Waals surface area contributed by atoms with Gasteiger partial charge in [-0.2, -0.15) is 0 Å². The lowest BCUT2D eigenvalue weighted by Crippen LogP contribution is -2.69. The maximum atomic E-state index is 10.9. The summed E-state index contributed by atoms with van der Waals surface area (Å²) in [4.78, 5) is 10.9. The molecule has 3 N–H and O–H groups in total. The number of carbonyl (C=O) groups is 1. The van der Waals surface area contributed by atoms with Gasteiger partial charge in [0, 0.05) is 25.0 Å². The molecule has 0 aromatic heterocycles. The van der Waals surface area contributed by atoms with Gasteiger partial charge in [0.25, 0.3) is 0 Å². The number of carboxylic acids is 1. The largest absolute Gasteiger partial charge is 0.481 e. The Bertz CT molecular complexity index is 439. The SMILES string of the molecule is CC(C)(CNC1(CC(=O)O)CNC1)c1ccccc1. The number of rotatable bonds is 6. The highest BCUT2D eigenvalue weighted by atomic mass is 16.4. The molecule has 19 heavy (non-hydrogen) atoms. The first kappa shape index (κ1) is 14.0. The van der Waals surface area contributed by atoms with Crippen LogP contribution in [0, 0.1) is 0 Å². The van der Waals surface area contributed by atoms with Gasteiger partial charge in [0.05, 0.1) is 12.0 Å². The molecule has 2 rings (SSSR count). The van der Waals surface area contributed by atoms with Crippen LogP contribution in [0.2, 0.25) is 0 Å². The van der Waals surface area contributed by atoms with Gasteiger partial charge in [-0.25, -0.2) is 0 Å². The molecule has 1 aromatic carbocycles. The van der Waals surface area contributed by atoms with E-state index in [0.717, 1.165) is 19.6 Å². The normalized spacial score (nSPS) is 17.8. The zero-order chi connectivity index (χ0) is 13.9. The lowest BCUT2D eigenvalue weighted by molar-refractivity contribution is -0.139. The van der Waals surface area contributed by atoms with E-state index in [1.54, 1.807) is 0 Å². The summed E-state index contributed by atoms with van der Waals surface area (Å²) in [6.07, 6.45) is 0.171. The molecule has 1 aromatic rings. The molecule has 1 fully saturated rings. The summed E-state index contributed by atoms with van der Waals surface area (Å²) >= 11 is 0. The number of aliphatic carboxylic acids is 1. The molecule has 4 nitrogen and oxygen atoms in total. The van der Waals surface area contributed by atoms with Crippen LogP contribution < -0.4 is 10.6 Å². The van der Waals surface area contributed by atoms with Gasteiger partial charge in [-0.15, -0.1) is 0 Å². The number of nitrogens with one attached hydrogen (secondary N) is 2. The van der Waals surface area contributed by atoms with Crippen molar-refractivity contribution in [3.8, 4) is 0 Å². The van der Waals surface area contributed by atoms with Crippen LogP contribution in [0.25, 0.3) is 0 Å². The molecule has 104 valence electrons. The Kier molecular flexibility index (Phi) is 3.92. The van der Waals surface area contributed by atoms with Crippen molar-refractivity contribution in [1.82, 2.24) is 10.6 Å². The zero-order valence-corrected chi connectivity index (χ0v) is 11.6. The lowest BCUT2D eigenvalue weighted by atomic mass is 9.82. The molecule has 1 saturated heterocycles. The summed E-state index contributed by atoms with van der Waals surface area (Å²) < 4.78 is 0. The van der Waals surface area contributed by atoms with E-state index in [1.165, 1.54) is 5.56 Å². The van der Waals surface area contributed by atoms with E-state index in [9.17, 15) is 4.79 Å². The van der Waals surface area contributed by atoms with Crippen molar-refractivity contribution in [1.29, 1.82) is 0 Å². The second-order valence-corrected chi connectivity index (χ2v) is 6.06. The molecule has 0 aliphatic carbocycles. The van der Waals surface area contributed by atoms with Crippen molar-refractivity contribution in [3.63, 3.8) is 0 Å². The monoisotopic (exact) mass is 262 g/mol. The van der Waals surface area contributed by atoms with Crippen LogP contribution in [-0.2, 0) is 10.2 Å². The summed E-state index contributed by atoms with van der Waals surface area (Å²) in [5.74, 6) is -0.744. The highest BCUT2D eigenvalue weighted by Gasteiger charge is 2.39. The number of carboxylic acid groups (broad SMARTS) is 1. The van der Waals surface area contributed by atoms with Gasteiger partial charge in [-0.3, -0.25) is 4.79 Å². The molecular weight excluding hydrogens is 240 g/mol. The Morgan fingerprint density at radius 1 is 1.37 bits per heavy atom. The van der Waals surface area contributed by atoms with E-state index in [4.69, 9.17) is 5.11 Å². The number of benzene rings is 1. The third-order valence-electron chi connectivity index (χ3n) is 3.88. The van der Waals surface area contributed by atoms with Crippen molar-refractivity contribution in [2.24, 2.45) is 0 Å². The first-order chi connectivity index (χ1) is 8.94. The van der Waals surface area contributed by atoms with Gasteiger partial charge in [-0.05, 0) is 5.56 Å². The van der Waals surface area contributed by atoms with Crippen LogP contribution in [0.4, 0.5) is 0 Å². The molecule has 0 saturated carbocycles. The Balaban J connectivity index is 1.99. The molecule has 1 heterocycles. The minimum Gasteiger partial charge on any atom is -0.481 e. The Hall–Kier alpha value is -1.39. The van der Waals surface area contributed by atoms with Crippen LogP contribution >= 0.6 is 0 Å². The Morgan fingerprint density at radius 2 is 2.00 bits per heavy atom. The highest BCUT2D eigenvalue weighted by molar-refractivity contribution is 5.68. The first-order valence-corrected chi connectivity index (χ1v) is 6.67. The van der Waals surface area contributed by atoms with Gasteiger partial charge >= 0.3 is 5.97 Å². The molecule has 0 radical (unpaired) electrons. The standard InChI is InChI=1S/C15H22N2O2/c1-14(2,12-6-4-3-5-7-12)9-17-15(8-13(18)19)10-16-11-15/h3-7,16-17H,8-11H2,1-2H3,(H,18,19). The van der Waals surface area contributed by atoms with Crippen molar-refractivity contribution in [2.75, 3.05) is 19.6 Å². The molecule has 1 aliphatic heterocycles. The topological polar surface area (TPSA) is 61.4 Å². The van der Waals surface area contributed by atoms with E-state index in [-0.39, 0.29) is 17.4 Å². The fraction of sp³-hybridized carbons (Fsp3) is 0.533. The predicted octanol–water partition coefficient (Wildman–Crippen LogP) is 1.37. The van der Waals surface area contributed by atoms with Crippen molar-refractivity contribution in [3.05, 3.63) is 35.9 Å². The first-order valence-electron chi connectivity index (χ1n) is 6.67. The van der Waals surface area contributed by atoms with E-state index in [2.05, 4.69) is 36.6 Å². The minimum absolute atomic E-state index is 0.0116. The number of hydrogen-bond donors (Lipinski definition) is 3. The summed E-state index contributed by atoms with van der Waals surface area (Å²) in [7, 11) is 0. The number of hydrogen-bond acceptors (Lipinski definition) is 3. The average Bonchev–Trinajstić information content (AvgIpc) is 2.33. The van der Waals surface area contributed by atoms with Crippen molar-refractivity contribution in [2.45, 2.75) is 31.2 Å². The van der Waals surface area contributed by atoms with E-state index >= 15 is 0 Å². The van der Waals surface area contributed by atoms with Gasteiger partial charge < -0.3 is 15.7 Å². The van der Waals surface area contributed by atoms with E-state index in [1.807, 2.05) is 18.2 Å². The van der Waals surface area contributed by atoms with Gasteiger partial charge in [0.2, 0.25) is 0 Å². The Morgan fingerprint density at radius 3 is 2.47 bits per heavy atom. The molecule has 0 spiro atoms. The average molecular weight is 262 g/mol. The van der Waals surface area contributed by atoms with Crippen molar-refractivity contribution < 1.29 is 9.90 Å². The van der Waals surface area contributed by atoms with Crippen LogP contribution in [0.5, 0.6) is 0 Å². The smallest absolute Gasteiger partial charge is 0.305 e. The summed E-state index contributed by atoms with van der Waals surface area (Å²) in [5, 5.41) is 15.6. The summed E-state index contributed by atoms with van der Waals surface area (Å²) in [6.45, 7) is 6.58. The van der Waals surface area contributed by atoms with Crippen LogP contribution in [-0.4, -0.2) is 36.2 Å².